The molecule has 0 bridgehead atoms. The van der Waals surface area contributed by atoms with Crippen molar-refractivity contribution in [3.63, 3.8) is 0 Å². The van der Waals surface area contributed by atoms with Gasteiger partial charge in [0, 0.05) is 25.6 Å². The van der Waals surface area contributed by atoms with Crippen LogP contribution in [-0.4, -0.2) is 41.2 Å². The smallest absolute Gasteiger partial charge is 0.312 e. The Kier molecular flexibility index (Phi) is 4.92. The van der Waals surface area contributed by atoms with Gasteiger partial charge in [-0.3, -0.25) is 10.1 Å². The second kappa shape index (κ2) is 7.00. The van der Waals surface area contributed by atoms with E-state index in [0.717, 1.165) is 31.3 Å². The van der Waals surface area contributed by atoms with Crippen molar-refractivity contribution in [1.82, 2.24) is 14.8 Å². The molecule has 1 fully saturated rings. The van der Waals surface area contributed by atoms with E-state index in [2.05, 4.69) is 10.2 Å². The summed E-state index contributed by atoms with van der Waals surface area (Å²) >= 11 is 0. The van der Waals surface area contributed by atoms with Gasteiger partial charge < -0.3 is 9.47 Å². The van der Waals surface area contributed by atoms with Crippen LogP contribution in [-0.2, 0) is 16.6 Å². The predicted molar refractivity (Wildman–Crippen MR) is 94.4 cm³/mol. The Balaban J connectivity index is 1.87. The molecule has 11 heteroatoms. The number of nitro benzene ring substituents is 1. The van der Waals surface area contributed by atoms with Crippen molar-refractivity contribution in [3.05, 3.63) is 40.5 Å². The fourth-order valence-electron chi connectivity index (χ4n) is 3.38. The van der Waals surface area contributed by atoms with Crippen LogP contribution in [0.25, 0.3) is 0 Å². The average Bonchev–Trinajstić information content (AvgIpc) is 3.09. The molecule has 2 heterocycles. The second-order valence-corrected chi connectivity index (χ2v) is 7.69. The van der Waals surface area contributed by atoms with Gasteiger partial charge in [0.1, 0.15) is 17.8 Å². The fraction of sp³-hybridized carbons (Fsp3) is 0.467. The molecule has 0 amide bonds. The van der Waals surface area contributed by atoms with E-state index >= 15 is 0 Å². The molecule has 0 radical (unpaired) electrons. The number of anilines is 1. The first-order chi connectivity index (χ1) is 12.3. The number of aromatic nitrogens is 3. The number of hydrogen-bond acceptors (Lipinski definition) is 7. The fourth-order valence-corrected chi connectivity index (χ4v) is 4.10. The lowest BCUT2D eigenvalue weighted by molar-refractivity contribution is -0.387. The SMILES string of the molecule is CCn1cnnc1C1CCN(c2cccc(S(N)(=O)=O)c2[N+](=O)[O-])CC1. The molecule has 1 aromatic heterocycles. The first-order valence-corrected chi connectivity index (χ1v) is 9.80. The van der Waals surface area contributed by atoms with E-state index in [4.69, 9.17) is 5.14 Å². The zero-order valence-electron chi connectivity index (χ0n) is 14.3. The number of nitro groups is 1. The molecule has 2 aromatic rings. The lowest BCUT2D eigenvalue weighted by Gasteiger charge is -2.33. The summed E-state index contributed by atoms with van der Waals surface area (Å²) in [6.07, 6.45) is 3.19. The predicted octanol–water partition coefficient (Wildman–Crippen LogP) is 1.24. The number of para-hydroxylation sites is 1. The Morgan fingerprint density at radius 2 is 2.04 bits per heavy atom. The Hall–Kier alpha value is -2.53. The van der Waals surface area contributed by atoms with E-state index in [1.807, 2.05) is 16.4 Å². The van der Waals surface area contributed by atoms with Crippen molar-refractivity contribution < 1.29 is 13.3 Å². The molecule has 1 aliphatic heterocycles. The van der Waals surface area contributed by atoms with Gasteiger partial charge in [-0.25, -0.2) is 13.6 Å². The van der Waals surface area contributed by atoms with Crippen LogP contribution in [0.15, 0.2) is 29.4 Å². The summed E-state index contributed by atoms with van der Waals surface area (Å²) in [7, 11) is -4.18. The average molecular weight is 380 g/mol. The largest absolute Gasteiger partial charge is 0.366 e. The number of rotatable bonds is 5. The minimum atomic E-state index is -4.18. The van der Waals surface area contributed by atoms with Crippen LogP contribution in [0.5, 0.6) is 0 Å². The number of sulfonamides is 1. The highest BCUT2D eigenvalue weighted by Gasteiger charge is 2.32. The molecule has 140 valence electrons. The molecular weight excluding hydrogens is 360 g/mol. The highest BCUT2D eigenvalue weighted by Crippen LogP contribution is 2.37. The van der Waals surface area contributed by atoms with E-state index < -0.39 is 25.5 Å². The van der Waals surface area contributed by atoms with Gasteiger partial charge in [-0.15, -0.1) is 10.2 Å². The zero-order valence-corrected chi connectivity index (χ0v) is 15.1. The second-order valence-electron chi connectivity index (χ2n) is 6.16. The lowest BCUT2D eigenvalue weighted by Crippen LogP contribution is -2.34. The standard InChI is InChI=1S/C15H20N6O4S/c1-2-19-10-17-18-15(19)11-6-8-20(9-7-11)12-4-3-5-13(26(16,24)25)14(12)21(22)23/h3-5,10-11H,2,6-9H2,1H3,(H2,16,24,25). The van der Waals surface area contributed by atoms with Crippen LogP contribution in [0.4, 0.5) is 11.4 Å². The number of nitrogens with two attached hydrogens (primary N) is 1. The van der Waals surface area contributed by atoms with Crippen LogP contribution >= 0.6 is 0 Å². The first kappa shape index (κ1) is 18.3. The number of benzene rings is 1. The number of aryl methyl sites for hydroxylation is 1. The monoisotopic (exact) mass is 380 g/mol. The number of nitrogens with zero attached hydrogens (tertiary/aromatic N) is 5. The molecular formula is C15H20N6O4S. The van der Waals surface area contributed by atoms with Crippen LogP contribution in [0.3, 0.4) is 0 Å². The topological polar surface area (TPSA) is 137 Å². The summed E-state index contributed by atoms with van der Waals surface area (Å²) in [4.78, 5) is 12.2. The summed E-state index contributed by atoms with van der Waals surface area (Å²) in [5.74, 6) is 1.13. The molecule has 1 saturated heterocycles. The maximum Gasteiger partial charge on any atom is 0.312 e. The third-order valence-electron chi connectivity index (χ3n) is 4.65. The van der Waals surface area contributed by atoms with Gasteiger partial charge in [-0.1, -0.05) is 6.07 Å². The normalized spacial score (nSPS) is 16.0. The van der Waals surface area contributed by atoms with E-state index in [-0.39, 0.29) is 11.6 Å². The van der Waals surface area contributed by atoms with E-state index in [9.17, 15) is 18.5 Å². The van der Waals surface area contributed by atoms with Crippen molar-refractivity contribution in [2.45, 2.75) is 37.1 Å². The summed E-state index contributed by atoms with van der Waals surface area (Å²) in [5, 5.41) is 24.8. The number of primary sulfonamides is 1. The molecule has 1 aliphatic rings. The van der Waals surface area contributed by atoms with Crippen LogP contribution in [0, 0.1) is 10.1 Å². The van der Waals surface area contributed by atoms with Crippen molar-refractivity contribution in [2.75, 3.05) is 18.0 Å². The van der Waals surface area contributed by atoms with E-state index in [1.54, 1.807) is 12.4 Å². The summed E-state index contributed by atoms with van der Waals surface area (Å²) in [5.41, 5.74) is -0.192. The lowest BCUT2D eigenvalue weighted by atomic mass is 9.95. The van der Waals surface area contributed by atoms with E-state index in [1.165, 1.54) is 6.07 Å². The van der Waals surface area contributed by atoms with Crippen molar-refractivity contribution in [2.24, 2.45) is 5.14 Å². The van der Waals surface area contributed by atoms with Gasteiger partial charge in [0.15, 0.2) is 4.90 Å². The first-order valence-electron chi connectivity index (χ1n) is 8.25. The molecule has 3 rings (SSSR count). The third-order valence-corrected chi connectivity index (χ3v) is 5.60. The number of piperidine rings is 1. The van der Waals surface area contributed by atoms with Gasteiger partial charge >= 0.3 is 5.69 Å². The van der Waals surface area contributed by atoms with Gasteiger partial charge in [-0.2, -0.15) is 0 Å². The Labute approximate surface area is 150 Å². The Morgan fingerprint density at radius 3 is 2.62 bits per heavy atom. The maximum absolute atomic E-state index is 11.7. The molecule has 2 N–H and O–H groups in total. The summed E-state index contributed by atoms with van der Waals surface area (Å²) < 4.78 is 25.4. The van der Waals surface area contributed by atoms with Crippen molar-refractivity contribution in [1.29, 1.82) is 0 Å². The summed E-state index contributed by atoms with van der Waals surface area (Å²) in [6, 6.07) is 4.19. The molecule has 0 saturated carbocycles. The minimum Gasteiger partial charge on any atom is -0.366 e. The maximum atomic E-state index is 11.7. The molecule has 0 atom stereocenters. The van der Waals surface area contributed by atoms with Crippen LogP contribution < -0.4 is 10.0 Å². The summed E-state index contributed by atoms with van der Waals surface area (Å²) in [6.45, 7) is 3.90. The molecule has 1 aromatic carbocycles. The van der Waals surface area contributed by atoms with E-state index in [0.29, 0.717) is 13.1 Å². The highest BCUT2D eigenvalue weighted by molar-refractivity contribution is 7.89. The highest BCUT2D eigenvalue weighted by atomic mass is 32.2. The van der Waals surface area contributed by atoms with Crippen molar-refractivity contribution >= 4 is 21.4 Å². The molecule has 0 spiro atoms. The van der Waals surface area contributed by atoms with Gasteiger partial charge in [0.05, 0.1) is 4.92 Å². The minimum absolute atomic E-state index is 0.217. The molecule has 0 aliphatic carbocycles. The van der Waals surface area contributed by atoms with Gasteiger partial charge in [-0.05, 0) is 31.9 Å². The van der Waals surface area contributed by atoms with Crippen molar-refractivity contribution in [3.8, 4) is 0 Å². The van der Waals surface area contributed by atoms with Crippen LogP contribution in [0.1, 0.15) is 31.5 Å². The Bertz CT molecular complexity index is 918. The number of hydrogen-bond donors (Lipinski definition) is 1. The van der Waals surface area contributed by atoms with Gasteiger partial charge in [0.25, 0.3) is 0 Å². The Morgan fingerprint density at radius 1 is 1.35 bits per heavy atom. The molecule has 26 heavy (non-hydrogen) atoms. The quantitative estimate of drug-likeness (QED) is 0.608. The van der Waals surface area contributed by atoms with Crippen LogP contribution in [0.2, 0.25) is 0 Å². The molecule has 0 unspecified atom stereocenters. The zero-order chi connectivity index (χ0) is 18.9. The molecule has 10 nitrogen and oxygen atoms in total. The third kappa shape index (κ3) is 3.40. The van der Waals surface area contributed by atoms with Gasteiger partial charge in [0.2, 0.25) is 10.0 Å².